The minimum atomic E-state index is -1.57. The fraction of sp³-hybridized carbons (Fsp3) is 0.700. The summed E-state index contributed by atoms with van der Waals surface area (Å²) in [5, 5.41) is 0.312. The highest BCUT2D eigenvalue weighted by Gasteiger charge is 2.36. The van der Waals surface area contributed by atoms with Crippen molar-refractivity contribution in [1.82, 2.24) is 0 Å². The summed E-state index contributed by atoms with van der Waals surface area (Å²) in [6.45, 7) is 13.4. The number of hydrogen-bond donors (Lipinski definition) is 0. The van der Waals surface area contributed by atoms with E-state index in [-0.39, 0.29) is 0 Å². The molecule has 2 rings (SSSR count). The van der Waals surface area contributed by atoms with E-state index in [0.29, 0.717) is 11.1 Å². The van der Waals surface area contributed by atoms with Gasteiger partial charge in [-0.1, -0.05) is 57.9 Å². The third kappa shape index (κ3) is 5.17. The maximum Gasteiger partial charge on any atom is 0.191 e. The van der Waals surface area contributed by atoms with Crippen molar-refractivity contribution in [3.05, 3.63) is 35.4 Å². The first-order chi connectivity index (χ1) is 10.8. The zero-order chi connectivity index (χ0) is 16.9. The Kier molecular flexibility index (Phi) is 6.46. The molecule has 0 saturated carbocycles. The Balaban J connectivity index is 1.67. The van der Waals surface area contributed by atoms with Crippen LogP contribution in [0.4, 0.5) is 0 Å². The van der Waals surface area contributed by atoms with Crippen molar-refractivity contribution >= 4 is 8.32 Å². The lowest BCUT2D eigenvalue weighted by atomic mass is 9.94. The number of hydrogen-bond acceptors (Lipinski definition) is 2. The number of fused-ring (bicyclic) bond motifs is 1. The van der Waals surface area contributed by atoms with Crippen molar-refractivity contribution in [1.29, 1.82) is 0 Å². The van der Waals surface area contributed by atoms with Gasteiger partial charge in [-0.25, -0.2) is 0 Å². The van der Waals surface area contributed by atoms with Gasteiger partial charge in [-0.15, -0.1) is 0 Å². The van der Waals surface area contributed by atoms with Crippen LogP contribution in [0.3, 0.4) is 0 Å². The average Bonchev–Trinajstić information content (AvgIpc) is 2.49. The van der Waals surface area contributed by atoms with Crippen LogP contribution in [-0.2, 0) is 15.6 Å². The van der Waals surface area contributed by atoms with E-state index in [4.69, 9.17) is 9.16 Å². The summed E-state index contributed by atoms with van der Waals surface area (Å²) in [4.78, 5) is 0. The maximum atomic E-state index is 6.25. The quantitative estimate of drug-likeness (QED) is 0.458. The molecule has 0 aliphatic carbocycles. The van der Waals surface area contributed by atoms with Gasteiger partial charge in [0.25, 0.3) is 0 Å². The molecule has 1 aromatic carbocycles. The van der Waals surface area contributed by atoms with E-state index in [1.54, 1.807) is 0 Å². The van der Waals surface area contributed by atoms with Gasteiger partial charge in [-0.2, -0.15) is 0 Å². The molecule has 1 heterocycles. The number of unbranched alkanes of at least 4 members (excludes halogenated alkanes) is 2. The van der Waals surface area contributed by atoms with Crippen LogP contribution >= 0.6 is 0 Å². The molecule has 23 heavy (non-hydrogen) atoms. The monoisotopic (exact) mass is 334 g/mol. The summed E-state index contributed by atoms with van der Waals surface area (Å²) in [5.74, 6) is 0. The molecule has 0 fully saturated rings. The molecule has 1 aliphatic rings. The lowest BCUT2D eigenvalue weighted by Crippen LogP contribution is -2.40. The summed E-state index contributed by atoms with van der Waals surface area (Å²) < 4.78 is 12.2. The molecule has 0 aromatic heterocycles. The van der Waals surface area contributed by atoms with Crippen LogP contribution in [0, 0.1) is 0 Å². The largest absolute Gasteiger partial charge is 0.417 e. The first kappa shape index (κ1) is 18.7. The third-order valence-electron chi connectivity index (χ3n) is 5.47. The second kappa shape index (κ2) is 7.95. The molecular formula is C20H34O2Si. The molecule has 1 aromatic rings. The topological polar surface area (TPSA) is 18.5 Å². The van der Waals surface area contributed by atoms with Crippen molar-refractivity contribution in [2.24, 2.45) is 0 Å². The van der Waals surface area contributed by atoms with Gasteiger partial charge in [0.15, 0.2) is 8.32 Å². The third-order valence-corrected chi connectivity index (χ3v) is 10.0. The minimum absolute atomic E-state index is 0.307. The Bertz CT molecular complexity index is 491. The standard InChI is InChI=1S/C20H34O2Si/c1-20(2,3)23(4,5)22-15-10-6-7-13-19-18-12-9-8-11-17(18)14-16-21-19/h8-9,11-12,19H,6-7,10,13-16H2,1-5H3/t19-/m1/s1. The van der Waals surface area contributed by atoms with Gasteiger partial charge in [0.05, 0.1) is 12.7 Å². The first-order valence-corrected chi connectivity index (χ1v) is 12.1. The Labute approximate surface area is 143 Å². The molecule has 0 spiro atoms. The van der Waals surface area contributed by atoms with Crippen LogP contribution in [0.1, 0.15) is 63.7 Å². The van der Waals surface area contributed by atoms with E-state index in [0.717, 1.165) is 26.1 Å². The Morgan fingerprint density at radius 1 is 1.13 bits per heavy atom. The number of ether oxygens (including phenoxy) is 1. The highest BCUT2D eigenvalue weighted by Crippen LogP contribution is 2.36. The van der Waals surface area contributed by atoms with Gasteiger partial charge in [-0.3, -0.25) is 0 Å². The molecule has 0 bridgehead atoms. The molecule has 0 saturated heterocycles. The molecular weight excluding hydrogens is 300 g/mol. The molecule has 130 valence electrons. The van der Waals surface area contributed by atoms with Crippen molar-refractivity contribution in [3.8, 4) is 0 Å². The van der Waals surface area contributed by atoms with Gasteiger partial charge < -0.3 is 9.16 Å². The minimum Gasteiger partial charge on any atom is -0.417 e. The van der Waals surface area contributed by atoms with Crippen molar-refractivity contribution in [3.63, 3.8) is 0 Å². The molecule has 0 amide bonds. The molecule has 1 aliphatic heterocycles. The summed E-state index contributed by atoms with van der Waals surface area (Å²) in [7, 11) is -1.57. The van der Waals surface area contributed by atoms with E-state index >= 15 is 0 Å². The number of rotatable bonds is 7. The van der Waals surface area contributed by atoms with E-state index < -0.39 is 8.32 Å². The summed E-state index contributed by atoms with van der Waals surface area (Å²) in [5.41, 5.74) is 2.89. The molecule has 3 heteroatoms. The predicted molar refractivity (Wildman–Crippen MR) is 100 cm³/mol. The lowest BCUT2D eigenvalue weighted by Gasteiger charge is -2.36. The molecule has 0 N–H and O–H groups in total. The smallest absolute Gasteiger partial charge is 0.191 e. The Morgan fingerprint density at radius 3 is 2.61 bits per heavy atom. The van der Waals surface area contributed by atoms with Gasteiger partial charge in [0.2, 0.25) is 0 Å². The second-order valence-electron chi connectivity index (χ2n) is 8.27. The van der Waals surface area contributed by atoms with E-state index in [1.165, 1.54) is 30.4 Å². The van der Waals surface area contributed by atoms with Crippen LogP contribution in [0.5, 0.6) is 0 Å². The van der Waals surface area contributed by atoms with Crippen LogP contribution in [0.2, 0.25) is 18.1 Å². The van der Waals surface area contributed by atoms with Crippen molar-refractivity contribution < 1.29 is 9.16 Å². The lowest BCUT2D eigenvalue weighted by molar-refractivity contribution is 0.0346. The first-order valence-electron chi connectivity index (χ1n) is 9.15. The van der Waals surface area contributed by atoms with Crippen LogP contribution < -0.4 is 0 Å². The Morgan fingerprint density at radius 2 is 1.87 bits per heavy atom. The SMILES string of the molecule is CC(C)(C)[Si](C)(C)OCCCCC[C@H]1OCCc2ccccc21. The highest BCUT2D eigenvalue weighted by atomic mass is 28.4. The van der Waals surface area contributed by atoms with Gasteiger partial charge in [0.1, 0.15) is 0 Å². The zero-order valence-electron chi connectivity index (χ0n) is 15.7. The maximum absolute atomic E-state index is 6.25. The van der Waals surface area contributed by atoms with Gasteiger partial charge >= 0.3 is 0 Å². The van der Waals surface area contributed by atoms with E-state index in [2.05, 4.69) is 58.1 Å². The van der Waals surface area contributed by atoms with Crippen molar-refractivity contribution in [2.75, 3.05) is 13.2 Å². The fourth-order valence-corrected chi connectivity index (χ4v) is 3.96. The van der Waals surface area contributed by atoms with Crippen molar-refractivity contribution in [2.45, 2.75) is 77.1 Å². The van der Waals surface area contributed by atoms with Gasteiger partial charge in [-0.05, 0) is 48.5 Å². The fourth-order valence-electron chi connectivity index (χ4n) is 2.87. The van der Waals surface area contributed by atoms with E-state index in [1.807, 2.05) is 0 Å². The van der Waals surface area contributed by atoms with E-state index in [9.17, 15) is 0 Å². The predicted octanol–water partition coefficient (Wildman–Crippen LogP) is 5.88. The number of benzene rings is 1. The highest BCUT2D eigenvalue weighted by molar-refractivity contribution is 6.74. The van der Waals surface area contributed by atoms with Crippen LogP contribution in [-0.4, -0.2) is 21.5 Å². The average molecular weight is 335 g/mol. The molecule has 1 atom stereocenters. The summed E-state index contributed by atoms with van der Waals surface area (Å²) in [6.07, 6.45) is 6.13. The zero-order valence-corrected chi connectivity index (χ0v) is 16.7. The molecule has 0 unspecified atom stereocenters. The van der Waals surface area contributed by atoms with Crippen LogP contribution in [0.15, 0.2) is 24.3 Å². The normalized spacial score (nSPS) is 18.7. The Hall–Kier alpha value is -0.643. The second-order valence-corrected chi connectivity index (χ2v) is 13.1. The van der Waals surface area contributed by atoms with Crippen LogP contribution in [0.25, 0.3) is 0 Å². The molecule has 2 nitrogen and oxygen atoms in total. The molecule has 0 radical (unpaired) electrons. The van der Waals surface area contributed by atoms with Gasteiger partial charge in [0, 0.05) is 6.61 Å². The summed E-state index contributed by atoms with van der Waals surface area (Å²) in [6, 6.07) is 8.75. The summed E-state index contributed by atoms with van der Waals surface area (Å²) >= 11 is 0.